The number of carbonyl (C=O) groups is 3. The molecule has 0 saturated carbocycles. The maximum absolute atomic E-state index is 13.5. The van der Waals surface area contributed by atoms with Crippen molar-refractivity contribution >= 4 is 49.6 Å². The van der Waals surface area contributed by atoms with Crippen LogP contribution in [0.15, 0.2) is 45.3 Å². The summed E-state index contributed by atoms with van der Waals surface area (Å²) in [6.07, 6.45) is -0.839. The summed E-state index contributed by atoms with van der Waals surface area (Å²) in [6, 6.07) is 8.62. The highest BCUT2D eigenvalue weighted by molar-refractivity contribution is 9.10. The minimum atomic E-state index is -0.993. The number of aliphatic hydroxyl groups excluding tert-OH is 1. The van der Waals surface area contributed by atoms with E-state index in [1.807, 2.05) is 0 Å². The summed E-state index contributed by atoms with van der Waals surface area (Å²) in [7, 11) is 0. The first-order chi connectivity index (χ1) is 16.1. The molecule has 0 fully saturated rings. The Labute approximate surface area is 213 Å². The van der Waals surface area contributed by atoms with E-state index in [4.69, 9.17) is 4.74 Å². The van der Waals surface area contributed by atoms with E-state index >= 15 is 0 Å². The first-order valence-corrected chi connectivity index (χ1v) is 12.1. The van der Waals surface area contributed by atoms with E-state index in [-0.39, 0.29) is 49.4 Å². The molecule has 0 spiro atoms. The van der Waals surface area contributed by atoms with Crippen LogP contribution in [-0.2, 0) is 19.1 Å². The summed E-state index contributed by atoms with van der Waals surface area (Å²) in [6.45, 7) is 3.98. The number of hydrogen-bond donors (Lipinski definition) is 1. The van der Waals surface area contributed by atoms with Crippen molar-refractivity contribution in [1.82, 2.24) is 0 Å². The van der Waals surface area contributed by atoms with Gasteiger partial charge < -0.3 is 14.6 Å². The fourth-order valence-corrected chi connectivity index (χ4v) is 3.38. The number of ketones is 1. The minimum absolute atomic E-state index is 0.00232. The molecule has 0 aliphatic carbocycles. The standard InChI is InChI=1S/C12H14BrFO3.C12H12BrFO3/c2*1-2-17-12(16)6-5-11(15)9-4-3-8(13)7-10(9)14/h3-4,7,11,15H,2,5-6H2,1H3;3-4,7H,2,5-6H2,1H3. The van der Waals surface area contributed by atoms with Crippen molar-refractivity contribution in [2.24, 2.45) is 0 Å². The van der Waals surface area contributed by atoms with Gasteiger partial charge in [0.25, 0.3) is 0 Å². The van der Waals surface area contributed by atoms with Gasteiger partial charge >= 0.3 is 11.9 Å². The van der Waals surface area contributed by atoms with Crippen LogP contribution >= 0.6 is 31.9 Å². The molecule has 0 radical (unpaired) electrons. The molecule has 0 heterocycles. The van der Waals surface area contributed by atoms with Crippen LogP contribution in [0.5, 0.6) is 0 Å². The zero-order chi connectivity index (χ0) is 25.7. The predicted octanol–water partition coefficient (Wildman–Crippen LogP) is 6.08. The van der Waals surface area contributed by atoms with Gasteiger partial charge in [-0.05, 0) is 50.6 Å². The first kappa shape index (κ1) is 29.9. The maximum Gasteiger partial charge on any atom is 0.306 e. The van der Waals surface area contributed by atoms with Gasteiger partial charge in [0.05, 0.1) is 31.3 Å². The van der Waals surface area contributed by atoms with Crippen molar-refractivity contribution in [2.75, 3.05) is 13.2 Å². The van der Waals surface area contributed by atoms with Gasteiger partial charge in [0, 0.05) is 27.4 Å². The fraction of sp³-hybridized carbons (Fsp3) is 0.375. The molecule has 10 heteroatoms. The minimum Gasteiger partial charge on any atom is -0.466 e. The Morgan fingerprint density at radius 1 is 0.853 bits per heavy atom. The normalized spacial score (nSPS) is 11.1. The second-order valence-corrected chi connectivity index (χ2v) is 8.71. The predicted molar refractivity (Wildman–Crippen MR) is 129 cm³/mol. The average molecular weight is 608 g/mol. The van der Waals surface area contributed by atoms with Gasteiger partial charge in [-0.3, -0.25) is 14.4 Å². The molecule has 2 aromatic rings. The number of esters is 2. The molecule has 0 aliphatic rings. The Kier molecular flexibility index (Phi) is 13.8. The lowest BCUT2D eigenvalue weighted by molar-refractivity contribution is -0.144. The van der Waals surface area contributed by atoms with Crippen LogP contribution in [0.25, 0.3) is 0 Å². The van der Waals surface area contributed by atoms with Gasteiger partial charge in [-0.15, -0.1) is 0 Å². The van der Waals surface area contributed by atoms with E-state index in [0.717, 1.165) is 0 Å². The molecule has 6 nitrogen and oxygen atoms in total. The molecule has 0 amide bonds. The third-order valence-electron chi connectivity index (χ3n) is 4.34. The summed E-state index contributed by atoms with van der Waals surface area (Å²) in [5, 5.41) is 9.75. The van der Waals surface area contributed by atoms with Crippen molar-refractivity contribution in [3.63, 3.8) is 0 Å². The molecular weight excluding hydrogens is 582 g/mol. The topological polar surface area (TPSA) is 89.9 Å². The van der Waals surface area contributed by atoms with Crippen LogP contribution in [-0.4, -0.2) is 36.0 Å². The second-order valence-electron chi connectivity index (χ2n) is 6.88. The van der Waals surface area contributed by atoms with Crippen molar-refractivity contribution in [1.29, 1.82) is 0 Å². The molecule has 34 heavy (non-hydrogen) atoms. The van der Waals surface area contributed by atoms with Crippen LogP contribution in [0.4, 0.5) is 8.78 Å². The number of hydrogen-bond acceptors (Lipinski definition) is 6. The molecule has 0 saturated heterocycles. The molecule has 2 aromatic carbocycles. The monoisotopic (exact) mass is 606 g/mol. The van der Waals surface area contributed by atoms with Gasteiger partial charge in [-0.2, -0.15) is 0 Å². The van der Waals surface area contributed by atoms with Gasteiger partial charge in [0.15, 0.2) is 5.78 Å². The Morgan fingerprint density at radius 3 is 1.91 bits per heavy atom. The van der Waals surface area contributed by atoms with Gasteiger partial charge in [-0.1, -0.05) is 37.9 Å². The molecule has 2 rings (SSSR count). The van der Waals surface area contributed by atoms with Crippen molar-refractivity contribution < 1.29 is 37.7 Å². The van der Waals surface area contributed by atoms with E-state index in [1.165, 1.54) is 24.3 Å². The van der Waals surface area contributed by atoms with Crippen LogP contribution in [0.1, 0.15) is 61.6 Å². The fourth-order valence-electron chi connectivity index (χ4n) is 2.71. The van der Waals surface area contributed by atoms with Crippen molar-refractivity contribution in [3.05, 3.63) is 68.1 Å². The van der Waals surface area contributed by atoms with Gasteiger partial charge in [0.2, 0.25) is 0 Å². The molecule has 0 bridgehead atoms. The quantitative estimate of drug-likeness (QED) is 0.260. The summed E-state index contributed by atoms with van der Waals surface area (Å²) in [5.41, 5.74) is 0.190. The molecule has 0 aliphatic heterocycles. The van der Waals surface area contributed by atoms with Crippen LogP contribution in [0.2, 0.25) is 0 Å². The second kappa shape index (κ2) is 15.7. The van der Waals surface area contributed by atoms with E-state index in [1.54, 1.807) is 26.0 Å². The smallest absolute Gasteiger partial charge is 0.306 e. The molecule has 1 unspecified atom stereocenters. The zero-order valence-electron chi connectivity index (χ0n) is 18.8. The molecular formula is C24H26Br2F2O6. The maximum atomic E-state index is 13.5. The number of ether oxygens (including phenoxy) is 2. The Morgan fingerprint density at radius 2 is 1.38 bits per heavy atom. The number of aliphatic hydroxyl groups is 1. The van der Waals surface area contributed by atoms with E-state index in [9.17, 15) is 28.3 Å². The summed E-state index contributed by atoms with van der Waals surface area (Å²) in [4.78, 5) is 33.7. The van der Waals surface area contributed by atoms with E-state index in [0.29, 0.717) is 15.6 Å². The third kappa shape index (κ3) is 10.8. The van der Waals surface area contributed by atoms with E-state index in [2.05, 4.69) is 36.6 Å². The van der Waals surface area contributed by atoms with Crippen LogP contribution in [0, 0.1) is 11.6 Å². The number of Topliss-reactive ketones (excluding diaryl/α,β-unsaturated/α-hetero) is 1. The molecule has 0 aromatic heterocycles. The zero-order valence-corrected chi connectivity index (χ0v) is 22.0. The first-order valence-electron chi connectivity index (χ1n) is 10.5. The van der Waals surface area contributed by atoms with Crippen LogP contribution in [0.3, 0.4) is 0 Å². The lowest BCUT2D eigenvalue weighted by Gasteiger charge is -2.11. The number of benzene rings is 2. The highest BCUT2D eigenvalue weighted by Gasteiger charge is 2.15. The summed E-state index contributed by atoms with van der Waals surface area (Å²) in [5.74, 6) is -2.31. The number of halogens is 4. The molecule has 1 N–H and O–H groups in total. The van der Waals surface area contributed by atoms with E-state index < -0.39 is 29.5 Å². The number of rotatable bonds is 10. The lowest BCUT2D eigenvalue weighted by atomic mass is 10.0. The van der Waals surface area contributed by atoms with Crippen molar-refractivity contribution in [2.45, 2.75) is 45.6 Å². The summed E-state index contributed by atoms with van der Waals surface area (Å²) < 4.78 is 37.5. The van der Waals surface area contributed by atoms with Gasteiger partial charge in [-0.25, -0.2) is 8.78 Å². The Bertz CT molecular complexity index is 984. The average Bonchev–Trinajstić information content (AvgIpc) is 2.77. The molecule has 1 atom stereocenters. The van der Waals surface area contributed by atoms with Gasteiger partial charge in [0.1, 0.15) is 11.6 Å². The molecule has 186 valence electrons. The Balaban J connectivity index is 0.000000340. The SMILES string of the molecule is CCOC(=O)CCC(=O)c1ccc(Br)cc1F.CCOC(=O)CCC(O)c1ccc(Br)cc1F. The highest BCUT2D eigenvalue weighted by Crippen LogP contribution is 2.24. The lowest BCUT2D eigenvalue weighted by Crippen LogP contribution is -2.09. The van der Waals surface area contributed by atoms with Crippen LogP contribution < -0.4 is 0 Å². The highest BCUT2D eigenvalue weighted by atomic mass is 79.9. The Hall–Kier alpha value is -2.17. The summed E-state index contributed by atoms with van der Waals surface area (Å²) >= 11 is 6.24. The van der Waals surface area contributed by atoms with Crippen molar-refractivity contribution in [3.8, 4) is 0 Å². The number of carbonyl (C=O) groups excluding carboxylic acids is 3. The third-order valence-corrected chi connectivity index (χ3v) is 5.33. The largest absolute Gasteiger partial charge is 0.466 e.